The van der Waals surface area contributed by atoms with Gasteiger partial charge in [-0.3, -0.25) is 4.79 Å². The van der Waals surface area contributed by atoms with Crippen molar-refractivity contribution in [2.24, 2.45) is 0 Å². The predicted octanol–water partition coefficient (Wildman–Crippen LogP) is 3.23. The Bertz CT molecular complexity index is 879. The zero-order valence-corrected chi connectivity index (χ0v) is 17.4. The van der Waals surface area contributed by atoms with Crippen LogP contribution in [-0.2, 0) is 14.3 Å². The van der Waals surface area contributed by atoms with Crippen molar-refractivity contribution < 1.29 is 19.1 Å². The minimum absolute atomic E-state index is 0.199. The summed E-state index contributed by atoms with van der Waals surface area (Å²) in [6.07, 6.45) is 0. The monoisotopic (exact) mass is 416 g/mol. The Labute approximate surface area is 176 Å². The number of rotatable bonds is 6. The molecule has 0 atom stereocenters. The number of hydrogen-bond donors (Lipinski definition) is 0. The zero-order valence-electron chi connectivity index (χ0n) is 16.7. The molecule has 3 rings (SSSR count). The van der Waals surface area contributed by atoms with E-state index in [1.807, 2.05) is 56.3 Å². The Morgan fingerprint density at radius 2 is 1.76 bits per heavy atom. The largest absolute Gasteiger partial charge is 0.482 e. The van der Waals surface area contributed by atoms with Crippen LogP contribution in [0.5, 0.6) is 5.75 Å². The standard InChI is InChI=1S/C22H25ClN2O4/c1-16-6-7-20(17(2)12-16)28-15-22(27)29-14-21(26)25-10-8-24(9-11-25)19-5-3-4-18(23)13-19/h3-7,12-13H,8-11,14-15H2,1-2H3. The normalized spacial score (nSPS) is 13.9. The molecule has 1 saturated heterocycles. The first-order valence-electron chi connectivity index (χ1n) is 9.56. The first kappa shape index (κ1) is 21.0. The van der Waals surface area contributed by atoms with Crippen LogP contribution in [0.2, 0.25) is 5.02 Å². The van der Waals surface area contributed by atoms with Crippen molar-refractivity contribution in [3.8, 4) is 5.75 Å². The van der Waals surface area contributed by atoms with Crippen molar-refractivity contribution in [1.29, 1.82) is 0 Å². The summed E-state index contributed by atoms with van der Waals surface area (Å²) in [6, 6.07) is 13.4. The Morgan fingerprint density at radius 3 is 2.45 bits per heavy atom. The van der Waals surface area contributed by atoms with Gasteiger partial charge >= 0.3 is 5.97 Å². The van der Waals surface area contributed by atoms with E-state index in [2.05, 4.69) is 4.90 Å². The number of piperazine rings is 1. The van der Waals surface area contributed by atoms with Crippen LogP contribution in [-0.4, -0.2) is 56.2 Å². The summed E-state index contributed by atoms with van der Waals surface area (Å²) < 4.78 is 10.6. The minimum Gasteiger partial charge on any atom is -0.482 e. The molecule has 0 N–H and O–H groups in total. The Balaban J connectivity index is 1.40. The average Bonchev–Trinajstić information content (AvgIpc) is 2.71. The molecule has 2 aromatic rings. The summed E-state index contributed by atoms with van der Waals surface area (Å²) in [5.74, 6) is -0.123. The molecule has 1 heterocycles. The number of ether oxygens (including phenoxy) is 2. The van der Waals surface area contributed by atoms with E-state index in [1.165, 1.54) is 0 Å². The maximum absolute atomic E-state index is 12.3. The molecular formula is C22H25ClN2O4. The average molecular weight is 417 g/mol. The molecule has 0 unspecified atom stereocenters. The molecule has 1 amide bonds. The number of amides is 1. The third-order valence-electron chi connectivity index (χ3n) is 4.84. The number of halogens is 1. The van der Waals surface area contributed by atoms with Crippen molar-refractivity contribution in [3.05, 3.63) is 58.6 Å². The van der Waals surface area contributed by atoms with Gasteiger partial charge in [0.15, 0.2) is 13.2 Å². The molecule has 0 spiro atoms. The molecule has 6 nitrogen and oxygen atoms in total. The third kappa shape index (κ3) is 5.87. The van der Waals surface area contributed by atoms with Crippen molar-refractivity contribution in [2.75, 3.05) is 44.3 Å². The highest BCUT2D eigenvalue weighted by Crippen LogP contribution is 2.21. The van der Waals surface area contributed by atoms with Gasteiger partial charge in [-0.15, -0.1) is 0 Å². The molecule has 0 radical (unpaired) electrons. The fourth-order valence-corrected chi connectivity index (χ4v) is 3.44. The predicted molar refractivity (Wildman–Crippen MR) is 113 cm³/mol. The molecule has 1 aliphatic heterocycles. The Morgan fingerprint density at radius 1 is 1.00 bits per heavy atom. The van der Waals surface area contributed by atoms with E-state index in [0.717, 1.165) is 16.8 Å². The molecule has 0 bridgehead atoms. The number of anilines is 1. The molecule has 0 aromatic heterocycles. The van der Waals surface area contributed by atoms with Gasteiger partial charge < -0.3 is 19.3 Å². The van der Waals surface area contributed by atoms with Crippen LogP contribution in [0, 0.1) is 13.8 Å². The molecule has 0 aliphatic carbocycles. The number of benzene rings is 2. The van der Waals surface area contributed by atoms with Crippen LogP contribution >= 0.6 is 11.6 Å². The van der Waals surface area contributed by atoms with Gasteiger partial charge in [-0.25, -0.2) is 4.79 Å². The van der Waals surface area contributed by atoms with Crippen LogP contribution in [0.25, 0.3) is 0 Å². The van der Waals surface area contributed by atoms with E-state index in [-0.39, 0.29) is 19.1 Å². The van der Waals surface area contributed by atoms with Crippen LogP contribution in [0.1, 0.15) is 11.1 Å². The number of aryl methyl sites for hydroxylation is 2. The van der Waals surface area contributed by atoms with Gasteiger partial charge in [0, 0.05) is 36.9 Å². The lowest BCUT2D eigenvalue weighted by Crippen LogP contribution is -2.50. The van der Waals surface area contributed by atoms with E-state index in [4.69, 9.17) is 21.1 Å². The van der Waals surface area contributed by atoms with Gasteiger partial charge in [-0.1, -0.05) is 35.4 Å². The molecule has 154 valence electrons. The van der Waals surface area contributed by atoms with Crippen molar-refractivity contribution in [3.63, 3.8) is 0 Å². The van der Waals surface area contributed by atoms with E-state index >= 15 is 0 Å². The van der Waals surface area contributed by atoms with Crippen LogP contribution < -0.4 is 9.64 Å². The van der Waals surface area contributed by atoms with Gasteiger partial charge in [-0.05, 0) is 43.7 Å². The lowest BCUT2D eigenvalue weighted by molar-refractivity contribution is -0.153. The van der Waals surface area contributed by atoms with Crippen molar-refractivity contribution in [2.45, 2.75) is 13.8 Å². The fraction of sp³-hybridized carbons (Fsp3) is 0.364. The summed E-state index contributed by atoms with van der Waals surface area (Å²) in [5.41, 5.74) is 3.12. The van der Waals surface area contributed by atoms with Crippen molar-refractivity contribution >= 4 is 29.2 Å². The van der Waals surface area contributed by atoms with E-state index in [9.17, 15) is 9.59 Å². The lowest BCUT2D eigenvalue weighted by Gasteiger charge is -2.36. The summed E-state index contributed by atoms with van der Waals surface area (Å²) in [5, 5.41) is 0.691. The van der Waals surface area contributed by atoms with Gasteiger partial charge in [-0.2, -0.15) is 0 Å². The Kier molecular flexibility index (Phi) is 6.99. The number of nitrogens with zero attached hydrogens (tertiary/aromatic N) is 2. The second-order valence-corrected chi connectivity index (χ2v) is 7.50. The molecule has 7 heteroatoms. The number of carbonyl (C=O) groups excluding carboxylic acids is 2. The molecule has 2 aromatic carbocycles. The highest BCUT2D eigenvalue weighted by molar-refractivity contribution is 6.30. The number of hydrogen-bond acceptors (Lipinski definition) is 5. The zero-order chi connectivity index (χ0) is 20.8. The molecule has 29 heavy (non-hydrogen) atoms. The van der Waals surface area contributed by atoms with E-state index < -0.39 is 5.97 Å². The van der Waals surface area contributed by atoms with Crippen LogP contribution in [0.3, 0.4) is 0 Å². The molecule has 1 fully saturated rings. The highest BCUT2D eigenvalue weighted by Gasteiger charge is 2.22. The van der Waals surface area contributed by atoms with Crippen LogP contribution in [0.4, 0.5) is 5.69 Å². The third-order valence-corrected chi connectivity index (χ3v) is 5.07. The maximum Gasteiger partial charge on any atom is 0.344 e. The first-order valence-corrected chi connectivity index (χ1v) is 9.94. The van der Waals surface area contributed by atoms with E-state index in [1.54, 1.807) is 4.90 Å². The summed E-state index contributed by atoms with van der Waals surface area (Å²) in [4.78, 5) is 28.1. The maximum atomic E-state index is 12.3. The smallest absolute Gasteiger partial charge is 0.344 e. The summed E-state index contributed by atoms with van der Waals surface area (Å²) in [6.45, 7) is 5.97. The quantitative estimate of drug-likeness (QED) is 0.677. The van der Waals surface area contributed by atoms with Crippen molar-refractivity contribution in [1.82, 2.24) is 4.90 Å². The summed E-state index contributed by atoms with van der Waals surface area (Å²) in [7, 11) is 0. The fourth-order valence-electron chi connectivity index (χ4n) is 3.26. The topological polar surface area (TPSA) is 59.1 Å². The molecule has 1 aliphatic rings. The summed E-state index contributed by atoms with van der Waals surface area (Å²) >= 11 is 6.04. The molecular weight excluding hydrogens is 392 g/mol. The highest BCUT2D eigenvalue weighted by atomic mass is 35.5. The lowest BCUT2D eigenvalue weighted by atomic mass is 10.1. The van der Waals surface area contributed by atoms with Crippen LogP contribution in [0.15, 0.2) is 42.5 Å². The van der Waals surface area contributed by atoms with Gasteiger partial charge in [0.25, 0.3) is 5.91 Å². The SMILES string of the molecule is Cc1ccc(OCC(=O)OCC(=O)N2CCN(c3cccc(Cl)c3)CC2)c(C)c1. The Hall–Kier alpha value is -2.73. The second kappa shape index (κ2) is 9.65. The minimum atomic E-state index is -0.559. The second-order valence-electron chi connectivity index (χ2n) is 7.07. The number of carbonyl (C=O) groups is 2. The van der Waals surface area contributed by atoms with Gasteiger partial charge in [0.2, 0.25) is 0 Å². The first-order chi connectivity index (χ1) is 13.9. The molecule has 0 saturated carbocycles. The van der Waals surface area contributed by atoms with E-state index in [0.29, 0.717) is 37.0 Å². The van der Waals surface area contributed by atoms with Gasteiger partial charge in [0.1, 0.15) is 5.75 Å². The number of esters is 1. The van der Waals surface area contributed by atoms with Gasteiger partial charge in [0.05, 0.1) is 0 Å².